The van der Waals surface area contributed by atoms with Gasteiger partial charge in [-0.3, -0.25) is 9.59 Å². The van der Waals surface area contributed by atoms with Crippen LogP contribution in [0.1, 0.15) is 239 Å². The summed E-state index contributed by atoms with van der Waals surface area (Å²) >= 11 is 0. The average Bonchev–Trinajstić information content (AvgIpc) is 2.44. The normalized spacial score (nSPS) is 29.2. The minimum Gasteiger partial charge on any atom is -0.477 e. The van der Waals surface area contributed by atoms with Gasteiger partial charge in [0, 0.05) is 19.8 Å². The number of aliphatic hydroxyl groups is 11. The number of hydrogen-bond acceptors (Lipinski definition) is 20. The van der Waals surface area contributed by atoms with Crippen molar-refractivity contribution in [1.82, 2.24) is 10.6 Å². The van der Waals surface area contributed by atoms with E-state index in [1.165, 1.54) is 148 Å². The molecule has 2 amide bonds. The number of aliphatic hydroxyl groups excluding tert-OH is 11. The van der Waals surface area contributed by atoms with Gasteiger partial charge in [-0.25, -0.2) is 4.79 Å². The zero-order valence-electron chi connectivity index (χ0n) is 52.9. The quantitative estimate of drug-likeness (QED) is 0.0278. The summed E-state index contributed by atoms with van der Waals surface area (Å²) in [6.07, 6.45) is 12.9. The molecule has 3 aliphatic heterocycles. The van der Waals surface area contributed by atoms with Gasteiger partial charge in [0.2, 0.25) is 11.8 Å². The number of carbonyl (C=O) groups is 3. The van der Waals surface area contributed by atoms with Gasteiger partial charge < -0.3 is 100 Å². The van der Waals surface area contributed by atoms with Crippen LogP contribution in [0.3, 0.4) is 0 Å². The molecule has 0 radical (unpaired) electrons. The van der Waals surface area contributed by atoms with Gasteiger partial charge in [0.15, 0.2) is 12.6 Å². The number of allylic oxidation sites excluding steroid dienone is 1. The number of carboxylic acid groups (broad SMARTS) is 1. The molecular formula is C64H118N2O21. The molecule has 18 atom stereocenters. The first kappa shape index (κ1) is 78.7. The predicted octanol–water partition coefficient (Wildman–Crippen LogP) is 5.12. The Balaban J connectivity index is 1.56. The van der Waals surface area contributed by atoms with Crippen molar-refractivity contribution < 1.29 is 104 Å². The second kappa shape index (κ2) is 45.7. The summed E-state index contributed by atoms with van der Waals surface area (Å²) in [5.41, 5.74) is 0. The van der Waals surface area contributed by atoms with E-state index in [2.05, 4.69) is 24.5 Å². The number of hydrogen-bond donors (Lipinski definition) is 14. The van der Waals surface area contributed by atoms with E-state index in [-0.39, 0.29) is 12.3 Å². The Kier molecular flexibility index (Phi) is 41.3. The number of amides is 2. The third-order valence-corrected chi connectivity index (χ3v) is 17.2. The van der Waals surface area contributed by atoms with Crippen molar-refractivity contribution in [3.05, 3.63) is 12.2 Å². The highest BCUT2D eigenvalue weighted by atomic mass is 16.8. The molecule has 3 fully saturated rings. The van der Waals surface area contributed by atoms with Crippen molar-refractivity contribution in [2.24, 2.45) is 0 Å². The zero-order valence-corrected chi connectivity index (χ0v) is 52.9. The Morgan fingerprint density at radius 1 is 0.598 bits per heavy atom. The molecule has 0 saturated carbocycles. The summed E-state index contributed by atoms with van der Waals surface area (Å²) in [6.45, 7) is 2.10. The van der Waals surface area contributed by atoms with Crippen LogP contribution in [0.5, 0.6) is 0 Å². The van der Waals surface area contributed by atoms with E-state index in [1.807, 2.05) is 6.08 Å². The van der Waals surface area contributed by atoms with Crippen LogP contribution in [-0.2, 0) is 42.8 Å². The molecule has 23 nitrogen and oxygen atoms in total. The standard InChI is InChI=1S/C64H118N2O21/c1-4-6-8-10-12-14-16-17-18-19-20-21-22-23-24-25-26-27-28-30-32-34-36-38-51(74)66-45(46(71)37-35-33-31-29-15-13-11-9-7-5-2)43-82-61-56(78)55(77)58(50(42-69)84-61)85-62-57(79)60(54(76)49(41-68)83-62)87-64(63(80)81)39-47(72)52(65-44(3)70)59(86-64)53(75)48(73)40-67/h35,37,45-50,52-62,67-69,71-73,75-79H,4-34,36,38-43H2,1-3H3,(H,65,70)(H,66,74)(H,80,81)/b37-35+. The Labute approximate surface area is 518 Å². The van der Waals surface area contributed by atoms with E-state index in [0.29, 0.717) is 12.8 Å². The lowest BCUT2D eigenvalue weighted by molar-refractivity contribution is -0.386. The fourth-order valence-electron chi connectivity index (χ4n) is 11.8. The fraction of sp³-hybridized carbons (Fsp3) is 0.922. The van der Waals surface area contributed by atoms with E-state index < -0.39 is 155 Å². The van der Waals surface area contributed by atoms with Gasteiger partial charge in [-0.05, 0) is 19.3 Å². The van der Waals surface area contributed by atoms with Gasteiger partial charge in [0.05, 0.1) is 50.7 Å². The molecule has 3 aliphatic rings. The molecule has 18 unspecified atom stereocenters. The minimum absolute atomic E-state index is 0.205. The lowest BCUT2D eigenvalue weighted by Gasteiger charge is -2.50. The third kappa shape index (κ3) is 28.9. The molecule has 3 saturated heterocycles. The minimum atomic E-state index is -3.08. The maximum absolute atomic E-state index is 13.4. The molecule has 0 spiro atoms. The highest BCUT2D eigenvalue weighted by molar-refractivity contribution is 5.77. The number of carbonyl (C=O) groups excluding carboxylic acids is 2. The van der Waals surface area contributed by atoms with Gasteiger partial charge in [-0.1, -0.05) is 212 Å². The predicted molar refractivity (Wildman–Crippen MR) is 325 cm³/mol. The molecule has 510 valence electrons. The summed E-state index contributed by atoms with van der Waals surface area (Å²) < 4.78 is 34.7. The molecule has 0 aromatic carbocycles. The zero-order chi connectivity index (χ0) is 64.0. The summed E-state index contributed by atoms with van der Waals surface area (Å²) in [5, 5.41) is 136. The van der Waals surface area contributed by atoms with Crippen molar-refractivity contribution in [2.45, 2.75) is 349 Å². The topological polar surface area (TPSA) is 373 Å². The van der Waals surface area contributed by atoms with Crippen molar-refractivity contribution >= 4 is 17.8 Å². The van der Waals surface area contributed by atoms with Crippen LogP contribution < -0.4 is 10.6 Å². The van der Waals surface area contributed by atoms with E-state index in [0.717, 1.165) is 51.9 Å². The fourth-order valence-corrected chi connectivity index (χ4v) is 11.8. The highest BCUT2D eigenvalue weighted by Crippen LogP contribution is 2.39. The van der Waals surface area contributed by atoms with Gasteiger partial charge in [-0.15, -0.1) is 0 Å². The van der Waals surface area contributed by atoms with Crippen molar-refractivity contribution in [3.8, 4) is 0 Å². The van der Waals surface area contributed by atoms with Crippen LogP contribution in [0.15, 0.2) is 12.2 Å². The van der Waals surface area contributed by atoms with Gasteiger partial charge >= 0.3 is 5.97 Å². The number of aliphatic carboxylic acids is 1. The van der Waals surface area contributed by atoms with Crippen molar-refractivity contribution in [1.29, 1.82) is 0 Å². The summed E-state index contributed by atoms with van der Waals surface area (Å²) in [6, 6.07) is -2.61. The van der Waals surface area contributed by atoms with Crippen LogP contribution in [-0.4, -0.2) is 215 Å². The first-order valence-electron chi connectivity index (χ1n) is 33.6. The monoisotopic (exact) mass is 1250 g/mol. The molecule has 0 bridgehead atoms. The maximum atomic E-state index is 13.4. The molecule has 3 rings (SSSR count). The molecular weight excluding hydrogens is 1130 g/mol. The largest absolute Gasteiger partial charge is 0.477 e. The van der Waals surface area contributed by atoms with E-state index >= 15 is 0 Å². The second-order valence-electron chi connectivity index (χ2n) is 24.7. The maximum Gasteiger partial charge on any atom is 0.364 e. The lowest BCUT2D eigenvalue weighted by atomic mass is 9.88. The van der Waals surface area contributed by atoms with Crippen LogP contribution >= 0.6 is 0 Å². The molecule has 14 N–H and O–H groups in total. The number of rotatable bonds is 50. The highest BCUT2D eigenvalue weighted by Gasteiger charge is 2.60. The first-order valence-corrected chi connectivity index (χ1v) is 33.6. The van der Waals surface area contributed by atoms with Crippen molar-refractivity contribution in [2.75, 3.05) is 26.4 Å². The van der Waals surface area contributed by atoms with Crippen LogP contribution in [0.25, 0.3) is 0 Å². The van der Waals surface area contributed by atoms with Gasteiger partial charge in [0.25, 0.3) is 5.79 Å². The Morgan fingerprint density at radius 3 is 1.53 bits per heavy atom. The van der Waals surface area contributed by atoms with E-state index in [4.69, 9.17) is 28.4 Å². The summed E-state index contributed by atoms with van der Waals surface area (Å²) in [5.74, 6) is -6.14. The van der Waals surface area contributed by atoms with Gasteiger partial charge in [0.1, 0.15) is 67.1 Å². The smallest absolute Gasteiger partial charge is 0.364 e. The van der Waals surface area contributed by atoms with E-state index in [1.54, 1.807) is 6.08 Å². The molecule has 23 heteroatoms. The van der Waals surface area contributed by atoms with Crippen molar-refractivity contribution in [3.63, 3.8) is 0 Å². The third-order valence-electron chi connectivity index (χ3n) is 17.2. The summed E-state index contributed by atoms with van der Waals surface area (Å²) in [4.78, 5) is 38.4. The molecule has 0 aliphatic carbocycles. The van der Waals surface area contributed by atoms with Crippen LogP contribution in [0, 0.1) is 0 Å². The number of nitrogens with one attached hydrogen (secondary N) is 2. The molecule has 0 aromatic rings. The number of carboxylic acids is 1. The van der Waals surface area contributed by atoms with Crippen LogP contribution in [0.2, 0.25) is 0 Å². The van der Waals surface area contributed by atoms with Crippen LogP contribution in [0.4, 0.5) is 0 Å². The molecule has 87 heavy (non-hydrogen) atoms. The average molecular weight is 1250 g/mol. The Morgan fingerprint density at radius 2 is 1.07 bits per heavy atom. The lowest BCUT2D eigenvalue weighted by Crippen LogP contribution is -2.70. The Bertz CT molecular complexity index is 1820. The number of ether oxygens (including phenoxy) is 6. The molecule has 0 aromatic heterocycles. The Hall–Kier alpha value is -2.53. The SMILES string of the molecule is CCCCCCCCCC/C=C/C(O)C(COC1OC(CO)C(OC2OC(CO)C(O)C(OC3(C(=O)O)CC(O)C(NC(C)=O)C(C(O)C(O)CO)O3)C2O)C(O)C1O)NC(=O)CCCCCCCCCCCCCCCCCCCCCCCCC. The molecule has 3 heterocycles. The first-order chi connectivity index (χ1) is 41.9. The van der Waals surface area contributed by atoms with Gasteiger partial charge in [-0.2, -0.15) is 0 Å². The number of unbranched alkanes of at least 4 members (excludes halogenated alkanes) is 30. The van der Waals surface area contributed by atoms with E-state index in [9.17, 15) is 75.7 Å². The second-order valence-corrected chi connectivity index (χ2v) is 24.7. The summed E-state index contributed by atoms with van der Waals surface area (Å²) in [7, 11) is 0.